The van der Waals surface area contributed by atoms with Crippen molar-refractivity contribution in [2.75, 3.05) is 39.7 Å². The van der Waals surface area contributed by atoms with Crippen LogP contribution in [0.3, 0.4) is 0 Å². The zero-order valence-corrected chi connectivity index (χ0v) is 14.7. The standard InChI is InChI=1S/C18H26N2O4/c1-22-13-10-14(23-2)17(15(11-13)24-3)19-16(21)12-18-6-4-8-20(18)9-5-7-18/h10-11H,4-9,12H2,1-3H3,(H,19,21). The van der Waals surface area contributed by atoms with Crippen molar-refractivity contribution in [3.8, 4) is 17.2 Å². The first-order valence-corrected chi connectivity index (χ1v) is 8.47. The topological polar surface area (TPSA) is 60.0 Å². The monoisotopic (exact) mass is 334 g/mol. The first-order chi connectivity index (χ1) is 11.6. The second-order valence-electron chi connectivity index (χ2n) is 6.55. The number of hydrogen-bond acceptors (Lipinski definition) is 5. The Morgan fingerprint density at radius 2 is 1.67 bits per heavy atom. The van der Waals surface area contributed by atoms with Crippen molar-refractivity contribution in [1.82, 2.24) is 4.90 Å². The molecule has 132 valence electrons. The maximum Gasteiger partial charge on any atom is 0.226 e. The molecular weight excluding hydrogens is 308 g/mol. The number of fused-ring (bicyclic) bond motifs is 1. The fourth-order valence-electron chi connectivity index (χ4n) is 4.13. The molecule has 6 nitrogen and oxygen atoms in total. The maximum atomic E-state index is 12.7. The van der Waals surface area contributed by atoms with Gasteiger partial charge >= 0.3 is 0 Å². The van der Waals surface area contributed by atoms with Gasteiger partial charge in [-0.3, -0.25) is 9.69 Å². The molecule has 0 bridgehead atoms. The predicted molar refractivity (Wildman–Crippen MR) is 92.1 cm³/mol. The van der Waals surface area contributed by atoms with Crippen molar-refractivity contribution in [3.05, 3.63) is 12.1 Å². The lowest BCUT2D eigenvalue weighted by Gasteiger charge is -2.31. The van der Waals surface area contributed by atoms with E-state index in [-0.39, 0.29) is 11.4 Å². The molecule has 3 rings (SSSR count). The summed E-state index contributed by atoms with van der Waals surface area (Å²) in [4.78, 5) is 15.2. The Kier molecular flexibility index (Phi) is 4.85. The van der Waals surface area contributed by atoms with Crippen LogP contribution in [0.4, 0.5) is 5.69 Å². The van der Waals surface area contributed by atoms with E-state index in [0.717, 1.165) is 25.9 Å². The van der Waals surface area contributed by atoms with Gasteiger partial charge in [0.25, 0.3) is 0 Å². The van der Waals surface area contributed by atoms with Crippen molar-refractivity contribution in [1.29, 1.82) is 0 Å². The fraction of sp³-hybridized carbons (Fsp3) is 0.611. The van der Waals surface area contributed by atoms with Crippen molar-refractivity contribution < 1.29 is 19.0 Å². The average Bonchev–Trinajstić information content (AvgIpc) is 3.14. The van der Waals surface area contributed by atoms with Crippen LogP contribution >= 0.6 is 0 Å². The highest BCUT2D eigenvalue weighted by Crippen LogP contribution is 2.43. The number of ether oxygens (including phenoxy) is 3. The van der Waals surface area contributed by atoms with Gasteiger partial charge in [-0.05, 0) is 38.8 Å². The van der Waals surface area contributed by atoms with Gasteiger partial charge in [0.05, 0.1) is 21.3 Å². The summed E-state index contributed by atoms with van der Waals surface area (Å²) >= 11 is 0. The molecule has 2 aliphatic rings. The number of hydrogen-bond donors (Lipinski definition) is 1. The Bertz CT molecular complexity index is 582. The molecule has 2 aliphatic heterocycles. The molecule has 0 radical (unpaired) electrons. The van der Waals surface area contributed by atoms with Crippen LogP contribution in [-0.2, 0) is 4.79 Å². The number of benzene rings is 1. The minimum Gasteiger partial charge on any atom is -0.496 e. The molecule has 1 aromatic rings. The molecule has 24 heavy (non-hydrogen) atoms. The molecule has 0 aromatic heterocycles. The lowest BCUT2D eigenvalue weighted by atomic mass is 9.90. The number of carbonyl (C=O) groups excluding carboxylic acids is 1. The lowest BCUT2D eigenvalue weighted by Crippen LogP contribution is -2.41. The van der Waals surface area contributed by atoms with E-state index in [1.54, 1.807) is 33.5 Å². The minimum absolute atomic E-state index is 0.00515. The molecule has 0 unspecified atom stereocenters. The summed E-state index contributed by atoms with van der Waals surface area (Å²) in [7, 11) is 4.72. The second kappa shape index (κ2) is 6.89. The largest absolute Gasteiger partial charge is 0.496 e. The average molecular weight is 334 g/mol. The number of amides is 1. The Morgan fingerprint density at radius 1 is 1.08 bits per heavy atom. The Hall–Kier alpha value is -1.95. The summed E-state index contributed by atoms with van der Waals surface area (Å²) in [6.45, 7) is 2.23. The quantitative estimate of drug-likeness (QED) is 0.867. The third-order valence-corrected chi connectivity index (χ3v) is 5.28. The summed E-state index contributed by atoms with van der Waals surface area (Å²) in [6, 6.07) is 3.49. The van der Waals surface area contributed by atoms with Crippen molar-refractivity contribution in [3.63, 3.8) is 0 Å². The van der Waals surface area contributed by atoms with Gasteiger partial charge in [-0.2, -0.15) is 0 Å². The molecule has 2 heterocycles. The molecule has 0 atom stereocenters. The van der Waals surface area contributed by atoms with E-state index in [2.05, 4.69) is 10.2 Å². The van der Waals surface area contributed by atoms with Crippen LogP contribution in [0.15, 0.2) is 12.1 Å². The Balaban J connectivity index is 1.79. The highest BCUT2D eigenvalue weighted by molar-refractivity contribution is 5.95. The van der Waals surface area contributed by atoms with Crippen molar-refractivity contribution in [2.24, 2.45) is 0 Å². The number of nitrogens with zero attached hydrogens (tertiary/aromatic N) is 1. The van der Waals surface area contributed by atoms with Gasteiger partial charge < -0.3 is 19.5 Å². The third-order valence-electron chi connectivity index (χ3n) is 5.28. The van der Waals surface area contributed by atoms with Crippen LogP contribution in [0.1, 0.15) is 32.1 Å². The van der Waals surface area contributed by atoms with Gasteiger partial charge in [-0.1, -0.05) is 0 Å². The molecule has 1 aromatic carbocycles. The molecule has 1 N–H and O–H groups in total. The summed E-state index contributed by atoms with van der Waals surface area (Å²) < 4.78 is 16.0. The maximum absolute atomic E-state index is 12.7. The van der Waals surface area contributed by atoms with E-state index in [1.807, 2.05) is 0 Å². The number of anilines is 1. The van der Waals surface area contributed by atoms with Gasteiger partial charge in [-0.15, -0.1) is 0 Å². The highest BCUT2D eigenvalue weighted by Gasteiger charge is 2.45. The van der Waals surface area contributed by atoms with E-state index in [1.165, 1.54) is 12.8 Å². The second-order valence-corrected chi connectivity index (χ2v) is 6.55. The van der Waals surface area contributed by atoms with E-state index in [0.29, 0.717) is 29.4 Å². The van der Waals surface area contributed by atoms with Crippen LogP contribution in [0.2, 0.25) is 0 Å². The number of rotatable bonds is 6. The smallest absolute Gasteiger partial charge is 0.226 e. The fourth-order valence-corrected chi connectivity index (χ4v) is 4.13. The predicted octanol–water partition coefficient (Wildman–Crippen LogP) is 2.67. The first-order valence-electron chi connectivity index (χ1n) is 8.47. The van der Waals surface area contributed by atoms with Gasteiger partial charge in [-0.25, -0.2) is 0 Å². The number of nitrogens with one attached hydrogen (secondary N) is 1. The van der Waals surface area contributed by atoms with E-state index < -0.39 is 0 Å². The molecule has 6 heteroatoms. The summed E-state index contributed by atoms with van der Waals surface area (Å²) in [5.74, 6) is 1.70. The van der Waals surface area contributed by atoms with E-state index >= 15 is 0 Å². The zero-order chi connectivity index (χ0) is 17.2. The van der Waals surface area contributed by atoms with Crippen LogP contribution < -0.4 is 19.5 Å². The van der Waals surface area contributed by atoms with Crippen LogP contribution in [0, 0.1) is 0 Å². The number of carbonyl (C=O) groups is 1. The minimum atomic E-state index is 0.00515. The third kappa shape index (κ3) is 3.02. The van der Waals surface area contributed by atoms with E-state index in [4.69, 9.17) is 14.2 Å². The lowest BCUT2D eigenvalue weighted by molar-refractivity contribution is -0.118. The summed E-state index contributed by atoms with van der Waals surface area (Å²) in [5, 5.41) is 3.00. The molecule has 1 amide bonds. The molecular formula is C18H26N2O4. The van der Waals surface area contributed by atoms with Crippen molar-refractivity contribution in [2.45, 2.75) is 37.6 Å². The number of methoxy groups -OCH3 is 3. The molecule has 0 spiro atoms. The molecule has 2 fully saturated rings. The van der Waals surface area contributed by atoms with Gasteiger partial charge in [0.2, 0.25) is 5.91 Å². The van der Waals surface area contributed by atoms with E-state index in [9.17, 15) is 4.79 Å². The summed E-state index contributed by atoms with van der Waals surface area (Å²) in [5.41, 5.74) is 0.613. The highest BCUT2D eigenvalue weighted by atomic mass is 16.5. The Morgan fingerprint density at radius 3 is 2.17 bits per heavy atom. The molecule has 2 saturated heterocycles. The Labute approximate surface area is 143 Å². The first kappa shape index (κ1) is 16.9. The normalized spacial score (nSPS) is 19.0. The van der Waals surface area contributed by atoms with Gasteiger partial charge in [0.1, 0.15) is 22.9 Å². The molecule has 0 saturated carbocycles. The zero-order valence-electron chi connectivity index (χ0n) is 14.7. The summed E-state index contributed by atoms with van der Waals surface area (Å²) in [6.07, 6.45) is 5.10. The molecule has 0 aliphatic carbocycles. The SMILES string of the molecule is COc1cc(OC)c(NC(=O)CC23CCCN2CCC3)c(OC)c1. The van der Waals surface area contributed by atoms with Gasteiger partial charge in [0.15, 0.2) is 0 Å². The van der Waals surface area contributed by atoms with Crippen LogP contribution in [0.5, 0.6) is 17.2 Å². The van der Waals surface area contributed by atoms with Crippen LogP contribution in [0.25, 0.3) is 0 Å². The van der Waals surface area contributed by atoms with Gasteiger partial charge in [0, 0.05) is 24.1 Å². The van der Waals surface area contributed by atoms with Crippen molar-refractivity contribution >= 4 is 11.6 Å². The van der Waals surface area contributed by atoms with Crippen LogP contribution in [-0.4, -0.2) is 50.8 Å².